The highest BCUT2D eigenvalue weighted by molar-refractivity contribution is 5.86. The summed E-state index contributed by atoms with van der Waals surface area (Å²) in [5.41, 5.74) is 0.00581. The van der Waals surface area contributed by atoms with E-state index in [1.54, 1.807) is 4.90 Å². The third kappa shape index (κ3) is 2.02. The van der Waals surface area contributed by atoms with E-state index in [1.807, 2.05) is 13.8 Å². The van der Waals surface area contributed by atoms with Crippen LogP contribution in [0.3, 0.4) is 0 Å². The number of nitrogens with zero attached hydrogens (tertiary/aromatic N) is 1. The molecule has 0 unspecified atom stereocenters. The Balaban J connectivity index is 2.32. The maximum Gasteiger partial charge on any atom is 0.326 e. The monoisotopic (exact) mass is 253 g/mol. The van der Waals surface area contributed by atoms with E-state index in [9.17, 15) is 14.7 Å². The fraction of sp³-hybridized carbons (Fsp3) is 0.857. The predicted octanol–water partition coefficient (Wildman–Crippen LogP) is 2.28. The molecule has 4 nitrogen and oxygen atoms in total. The van der Waals surface area contributed by atoms with E-state index in [2.05, 4.69) is 6.92 Å². The molecule has 1 amide bonds. The smallest absolute Gasteiger partial charge is 0.326 e. The molecular formula is C14H23NO3. The molecule has 0 bridgehead atoms. The van der Waals surface area contributed by atoms with E-state index in [0.717, 1.165) is 25.7 Å². The molecule has 1 aliphatic heterocycles. The summed E-state index contributed by atoms with van der Waals surface area (Å²) in [5.74, 6) is -0.978. The van der Waals surface area contributed by atoms with E-state index in [1.165, 1.54) is 0 Å². The molecule has 4 heteroatoms. The second kappa shape index (κ2) is 4.56. The lowest BCUT2D eigenvalue weighted by molar-refractivity contribution is -0.151. The van der Waals surface area contributed by atoms with Crippen LogP contribution in [0.15, 0.2) is 0 Å². The van der Waals surface area contributed by atoms with Crippen LogP contribution in [0.1, 0.15) is 52.9 Å². The molecule has 1 aliphatic carbocycles. The predicted molar refractivity (Wildman–Crippen MR) is 68.1 cm³/mol. The molecule has 1 saturated carbocycles. The molecule has 0 aromatic heterocycles. The Bertz CT molecular complexity index is 366. The number of amides is 1. The fourth-order valence-corrected chi connectivity index (χ4v) is 3.66. The molecule has 0 spiro atoms. The minimum Gasteiger partial charge on any atom is -0.480 e. The highest BCUT2D eigenvalue weighted by Crippen LogP contribution is 2.49. The molecule has 1 heterocycles. The van der Waals surface area contributed by atoms with E-state index >= 15 is 0 Å². The first-order valence-corrected chi connectivity index (χ1v) is 6.92. The van der Waals surface area contributed by atoms with E-state index in [0.29, 0.717) is 6.42 Å². The maximum atomic E-state index is 12.3. The van der Waals surface area contributed by atoms with Crippen LogP contribution in [0.4, 0.5) is 0 Å². The third-order valence-electron chi connectivity index (χ3n) is 4.64. The first kappa shape index (κ1) is 13.4. The summed E-state index contributed by atoms with van der Waals surface area (Å²) < 4.78 is 0. The number of rotatable bonds is 2. The van der Waals surface area contributed by atoms with Crippen molar-refractivity contribution < 1.29 is 14.7 Å². The van der Waals surface area contributed by atoms with Gasteiger partial charge in [-0.2, -0.15) is 0 Å². The van der Waals surface area contributed by atoms with Gasteiger partial charge in [0.05, 0.1) is 0 Å². The second-order valence-electron chi connectivity index (χ2n) is 6.37. The van der Waals surface area contributed by atoms with Crippen LogP contribution < -0.4 is 0 Å². The number of aliphatic carboxylic acids is 1. The van der Waals surface area contributed by atoms with Crippen LogP contribution in [0.25, 0.3) is 0 Å². The van der Waals surface area contributed by atoms with Crippen molar-refractivity contribution in [1.82, 2.24) is 4.90 Å². The molecule has 0 radical (unpaired) electrons. The topological polar surface area (TPSA) is 57.6 Å². The standard InChI is InChI=1S/C14H23NO3/c1-9(2)12(16)15-10(13(17)18)8-14(3)7-5-4-6-11(14)15/h9-11H,4-8H2,1-3H3,(H,17,18)/t10-,11-,14-/m0/s1. The lowest BCUT2D eigenvalue weighted by Gasteiger charge is -2.39. The molecule has 0 aromatic carbocycles. The zero-order chi connectivity index (χ0) is 13.5. The van der Waals surface area contributed by atoms with Gasteiger partial charge in [0.2, 0.25) is 5.91 Å². The zero-order valence-electron chi connectivity index (χ0n) is 11.5. The maximum absolute atomic E-state index is 12.3. The number of carboxylic acids is 1. The van der Waals surface area contributed by atoms with Gasteiger partial charge < -0.3 is 10.0 Å². The van der Waals surface area contributed by atoms with Crippen LogP contribution >= 0.6 is 0 Å². The minimum absolute atomic E-state index is 0.00183. The van der Waals surface area contributed by atoms with Crippen molar-refractivity contribution in [2.24, 2.45) is 11.3 Å². The van der Waals surface area contributed by atoms with Gasteiger partial charge in [0.25, 0.3) is 0 Å². The van der Waals surface area contributed by atoms with Crippen molar-refractivity contribution in [3.8, 4) is 0 Å². The molecule has 3 atom stereocenters. The van der Waals surface area contributed by atoms with Gasteiger partial charge in [0.15, 0.2) is 0 Å². The molecule has 1 N–H and O–H groups in total. The molecule has 2 aliphatic rings. The van der Waals surface area contributed by atoms with Gasteiger partial charge in [-0.1, -0.05) is 33.6 Å². The lowest BCUT2D eigenvalue weighted by Crippen LogP contribution is -2.49. The summed E-state index contributed by atoms with van der Waals surface area (Å²) in [5, 5.41) is 9.38. The van der Waals surface area contributed by atoms with Gasteiger partial charge >= 0.3 is 5.97 Å². The van der Waals surface area contributed by atoms with Crippen LogP contribution in [-0.4, -0.2) is 34.0 Å². The lowest BCUT2D eigenvalue weighted by atomic mass is 9.71. The largest absolute Gasteiger partial charge is 0.480 e. The van der Waals surface area contributed by atoms with Crippen LogP contribution in [-0.2, 0) is 9.59 Å². The van der Waals surface area contributed by atoms with Crippen molar-refractivity contribution in [3.63, 3.8) is 0 Å². The van der Waals surface area contributed by atoms with Gasteiger partial charge in [-0.05, 0) is 24.7 Å². The average Bonchev–Trinajstić information content (AvgIpc) is 2.61. The Labute approximate surface area is 108 Å². The van der Waals surface area contributed by atoms with Crippen LogP contribution in [0.2, 0.25) is 0 Å². The van der Waals surface area contributed by atoms with Crippen molar-refractivity contribution in [1.29, 1.82) is 0 Å². The van der Waals surface area contributed by atoms with E-state index < -0.39 is 12.0 Å². The highest BCUT2D eigenvalue weighted by atomic mass is 16.4. The summed E-state index contributed by atoms with van der Waals surface area (Å²) in [4.78, 5) is 25.4. The normalized spacial score (nSPS) is 35.7. The van der Waals surface area contributed by atoms with Crippen molar-refractivity contribution in [3.05, 3.63) is 0 Å². The summed E-state index contributed by atoms with van der Waals surface area (Å²) in [7, 11) is 0. The first-order chi connectivity index (χ1) is 8.37. The Hall–Kier alpha value is -1.06. The minimum atomic E-state index is -0.848. The Morgan fingerprint density at radius 1 is 1.33 bits per heavy atom. The summed E-state index contributed by atoms with van der Waals surface area (Å²) in [6, 6.07) is -0.491. The van der Waals surface area contributed by atoms with Crippen LogP contribution in [0, 0.1) is 11.3 Å². The summed E-state index contributed by atoms with van der Waals surface area (Å²) >= 11 is 0. The number of carboxylic acid groups (broad SMARTS) is 1. The molecule has 2 fully saturated rings. The van der Waals surface area contributed by atoms with Gasteiger partial charge in [0, 0.05) is 12.0 Å². The second-order valence-corrected chi connectivity index (χ2v) is 6.37. The zero-order valence-corrected chi connectivity index (χ0v) is 11.5. The number of fused-ring (bicyclic) bond motifs is 1. The number of likely N-dealkylation sites (tertiary alicyclic amines) is 1. The van der Waals surface area contributed by atoms with Crippen LogP contribution in [0.5, 0.6) is 0 Å². The summed E-state index contributed by atoms with van der Waals surface area (Å²) in [6.45, 7) is 5.85. The number of carbonyl (C=O) groups excluding carboxylic acids is 1. The van der Waals surface area contributed by atoms with Crippen molar-refractivity contribution in [2.45, 2.75) is 65.0 Å². The molecular weight excluding hydrogens is 230 g/mol. The van der Waals surface area contributed by atoms with E-state index in [4.69, 9.17) is 0 Å². The SMILES string of the molecule is CC(C)C(=O)N1[C@H]2CCCC[C@@]2(C)C[C@H]1C(=O)O. The highest BCUT2D eigenvalue weighted by Gasteiger charge is 2.54. The average molecular weight is 253 g/mol. The Kier molecular flexibility index (Phi) is 3.39. The molecule has 102 valence electrons. The molecule has 2 rings (SSSR count). The van der Waals surface area contributed by atoms with Gasteiger partial charge in [-0.3, -0.25) is 4.79 Å². The Morgan fingerprint density at radius 2 is 2.00 bits per heavy atom. The van der Waals surface area contributed by atoms with Crippen molar-refractivity contribution >= 4 is 11.9 Å². The van der Waals surface area contributed by atoms with Crippen molar-refractivity contribution in [2.75, 3.05) is 0 Å². The quantitative estimate of drug-likeness (QED) is 0.821. The van der Waals surface area contributed by atoms with E-state index in [-0.39, 0.29) is 23.3 Å². The Morgan fingerprint density at radius 3 is 2.56 bits per heavy atom. The molecule has 0 aromatic rings. The van der Waals surface area contributed by atoms with Gasteiger partial charge in [0.1, 0.15) is 6.04 Å². The third-order valence-corrected chi connectivity index (χ3v) is 4.64. The number of hydrogen-bond acceptors (Lipinski definition) is 2. The first-order valence-electron chi connectivity index (χ1n) is 6.92. The molecule has 18 heavy (non-hydrogen) atoms. The summed E-state index contributed by atoms with van der Waals surface area (Å²) in [6.07, 6.45) is 4.88. The van der Waals surface area contributed by atoms with Gasteiger partial charge in [-0.25, -0.2) is 4.79 Å². The van der Waals surface area contributed by atoms with Gasteiger partial charge in [-0.15, -0.1) is 0 Å². The molecule has 1 saturated heterocycles. The fourth-order valence-electron chi connectivity index (χ4n) is 3.66. The number of carbonyl (C=O) groups is 2. The number of hydrogen-bond donors (Lipinski definition) is 1.